The number of hydrogen-bond acceptors (Lipinski definition) is 4. The van der Waals surface area contributed by atoms with Crippen LogP contribution < -0.4 is 9.64 Å². The molecule has 0 saturated carbocycles. The molecule has 1 saturated heterocycles. The van der Waals surface area contributed by atoms with Crippen molar-refractivity contribution < 1.29 is 19.1 Å². The second-order valence-electron chi connectivity index (χ2n) is 5.00. The number of anilines is 1. The van der Waals surface area contributed by atoms with Crippen molar-refractivity contribution in [1.82, 2.24) is 4.90 Å². The molecule has 0 aromatic heterocycles. The summed E-state index contributed by atoms with van der Waals surface area (Å²) in [5, 5.41) is 0.726. The van der Waals surface area contributed by atoms with Crippen molar-refractivity contribution in [3.05, 3.63) is 22.2 Å². The summed E-state index contributed by atoms with van der Waals surface area (Å²) in [5.74, 6) is 0.155. The van der Waals surface area contributed by atoms with Gasteiger partial charge in [-0.3, -0.25) is 9.59 Å². The molecule has 0 unspecified atom stereocenters. The first-order chi connectivity index (χ1) is 10.6. The number of nitrogens with zero attached hydrogens (tertiary/aromatic N) is 2. The van der Waals surface area contributed by atoms with Crippen LogP contribution in [0.3, 0.4) is 0 Å². The molecule has 1 aromatic rings. The van der Waals surface area contributed by atoms with Crippen molar-refractivity contribution in [3.63, 3.8) is 0 Å². The Hall–Kier alpha value is -1.50. The summed E-state index contributed by atoms with van der Waals surface area (Å²) in [6.45, 7) is 1.68. The molecule has 22 heavy (non-hydrogen) atoms. The normalized spacial score (nSPS) is 18.0. The number of benzene rings is 1. The Labute approximate surface area is 137 Å². The average molecular weight is 345 g/mol. The largest absolute Gasteiger partial charge is 0.489 e. The molecule has 6 nitrogen and oxygen atoms in total. The molecule has 2 aliphatic rings. The Morgan fingerprint density at radius 1 is 1.18 bits per heavy atom. The summed E-state index contributed by atoms with van der Waals surface area (Å²) in [7, 11) is 0. The van der Waals surface area contributed by atoms with Crippen LogP contribution in [0.4, 0.5) is 5.69 Å². The van der Waals surface area contributed by atoms with Crippen LogP contribution in [-0.4, -0.2) is 56.2 Å². The van der Waals surface area contributed by atoms with Gasteiger partial charge in [0.2, 0.25) is 11.8 Å². The molecular formula is C14H14Cl2N2O4. The van der Waals surface area contributed by atoms with E-state index >= 15 is 0 Å². The first-order valence-corrected chi connectivity index (χ1v) is 7.59. The fourth-order valence-electron chi connectivity index (χ4n) is 2.44. The van der Waals surface area contributed by atoms with E-state index in [9.17, 15) is 9.59 Å². The van der Waals surface area contributed by atoms with Crippen LogP contribution in [-0.2, 0) is 14.3 Å². The van der Waals surface area contributed by atoms with Crippen LogP contribution in [0.15, 0.2) is 12.1 Å². The van der Waals surface area contributed by atoms with Crippen molar-refractivity contribution >= 4 is 40.7 Å². The Morgan fingerprint density at radius 3 is 2.73 bits per heavy atom. The highest BCUT2D eigenvalue weighted by Crippen LogP contribution is 2.38. The third-order valence-corrected chi connectivity index (χ3v) is 4.30. The lowest BCUT2D eigenvalue weighted by Gasteiger charge is -2.33. The summed E-state index contributed by atoms with van der Waals surface area (Å²) in [6, 6.07) is 3.20. The lowest BCUT2D eigenvalue weighted by Crippen LogP contribution is -2.49. The Kier molecular flexibility index (Phi) is 4.42. The number of morpholine rings is 1. The lowest BCUT2D eigenvalue weighted by molar-refractivity contribution is -0.145. The third kappa shape index (κ3) is 2.99. The summed E-state index contributed by atoms with van der Waals surface area (Å²) < 4.78 is 10.6. The minimum absolute atomic E-state index is 0.0158. The van der Waals surface area contributed by atoms with Gasteiger partial charge in [-0.15, -0.1) is 0 Å². The molecule has 118 valence electrons. The van der Waals surface area contributed by atoms with Crippen LogP contribution in [0.5, 0.6) is 5.75 Å². The van der Waals surface area contributed by atoms with Crippen molar-refractivity contribution in [2.45, 2.75) is 0 Å². The SMILES string of the molecule is O=C1COCCN1CC(=O)N1CCOc2cc(Cl)c(Cl)cc21. The fraction of sp³-hybridized carbons (Fsp3) is 0.429. The van der Waals surface area contributed by atoms with E-state index in [0.717, 1.165) is 0 Å². The minimum atomic E-state index is -0.182. The summed E-state index contributed by atoms with van der Waals surface area (Å²) in [6.07, 6.45) is 0. The maximum Gasteiger partial charge on any atom is 0.249 e. The maximum atomic E-state index is 12.5. The van der Waals surface area contributed by atoms with Crippen LogP contribution in [0.1, 0.15) is 0 Å². The van der Waals surface area contributed by atoms with E-state index in [1.165, 1.54) is 4.90 Å². The topological polar surface area (TPSA) is 59.1 Å². The monoisotopic (exact) mass is 344 g/mol. The average Bonchev–Trinajstić information content (AvgIpc) is 2.50. The molecular weight excluding hydrogens is 331 g/mol. The molecule has 0 radical (unpaired) electrons. The highest BCUT2D eigenvalue weighted by Gasteiger charge is 2.28. The molecule has 0 aliphatic carbocycles. The molecule has 0 spiro atoms. The van der Waals surface area contributed by atoms with Gasteiger partial charge in [0.05, 0.1) is 28.9 Å². The first-order valence-electron chi connectivity index (χ1n) is 6.84. The van der Waals surface area contributed by atoms with Crippen LogP contribution >= 0.6 is 23.2 Å². The van der Waals surface area contributed by atoms with E-state index in [-0.39, 0.29) is 25.0 Å². The Balaban J connectivity index is 1.79. The molecule has 2 heterocycles. The molecule has 1 aromatic carbocycles. The van der Waals surface area contributed by atoms with Gasteiger partial charge >= 0.3 is 0 Å². The Bertz CT molecular complexity index is 623. The molecule has 1 fully saturated rings. The third-order valence-electron chi connectivity index (χ3n) is 3.58. The van der Waals surface area contributed by atoms with Gasteiger partial charge in [-0.2, -0.15) is 0 Å². The first kappa shape index (κ1) is 15.4. The zero-order chi connectivity index (χ0) is 15.7. The molecule has 8 heteroatoms. The second-order valence-corrected chi connectivity index (χ2v) is 5.81. The number of carbonyl (C=O) groups is 2. The maximum absolute atomic E-state index is 12.5. The minimum Gasteiger partial charge on any atom is -0.489 e. The molecule has 0 bridgehead atoms. The zero-order valence-electron chi connectivity index (χ0n) is 11.7. The molecule has 2 aliphatic heterocycles. The number of rotatable bonds is 2. The van der Waals surface area contributed by atoms with Gasteiger partial charge in [0, 0.05) is 12.6 Å². The highest BCUT2D eigenvalue weighted by molar-refractivity contribution is 6.42. The fourth-order valence-corrected chi connectivity index (χ4v) is 2.75. The predicted molar refractivity (Wildman–Crippen MR) is 81.7 cm³/mol. The van der Waals surface area contributed by atoms with E-state index < -0.39 is 0 Å². The second kappa shape index (κ2) is 6.32. The van der Waals surface area contributed by atoms with E-state index in [2.05, 4.69) is 0 Å². The summed E-state index contributed by atoms with van der Waals surface area (Å²) >= 11 is 12.0. The summed E-state index contributed by atoms with van der Waals surface area (Å²) in [5.41, 5.74) is 0.575. The summed E-state index contributed by atoms with van der Waals surface area (Å²) in [4.78, 5) is 27.3. The van der Waals surface area contributed by atoms with Crippen molar-refractivity contribution in [3.8, 4) is 5.75 Å². The number of halogens is 2. The van der Waals surface area contributed by atoms with E-state index in [4.69, 9.17) is 32.7 Å². The number of fused-ring (bicyclic) bond motifs is 1. The zero-order valence-corrected chi connectivity index (χ0v) is 13.2. The van der Waals surface area contributed by atoms with Gasteiger partial charge in [-0.1, -0.05) is 23.2 Å². The number of ether oxygens (including phenoxy) is 2. The number of carbonyl (C=O) groups excluding carboxylic acids is 2. The number of hydrogen-bond donors (Lipinski definition) is 0. The number of amides is 2. The van der Waals surface area contributed by atoms with E-state index in [1.807, 2.05) is 0 Å². The standard InChI is InChI=1S/C14H14Cl2N2O4/c15-9-5-11-12(6-10(9)16)22-4-2-18(11)13(19)7-17-1-3-21-8-14(17)20/h5-6H,1-4,7-8H2. The molecule has 2 amide bonds. The quantitative estimate of drug-likeness (QED) is 0.817. The van der Waals surface area contributed by atoms with Crippen LogP contribution in [0, 0.1) is 0 Å². The van der Waals surface area contributed by atoms with E-state index in [0.29, 0.717) is 47.8 Å². The van der Waals surface area contributed by atoms with Crippen molar-refractivity contribution in [1.29, 1.82) is 0 Å². The molecule has 0 atom stereocenters. The van der Waals surface area contributed by atoms with Crippen molar-refractivity contribution in [2.75, 3.05) is 44.4 Å². The molecule has 0 N–H and O–H groups in total. The predicted octanol–water partition coefficient (Wildman–Crippen LogP) is 1.58. The van der Waals surface area contributed by atoms with Crippen molar-refractivity contribution in [2.24, 2.45) is 0 Å². The lowest BCUT2D eigenvalue weighted by atomic mass is 10.2. The molecule has 3 rings (SSSR count). The van der Waals surface area contributed by atoms with Gasteiger partial charge < -0.3 is 19.3 Å². The van der Waals surface area contributed by atoms with E-state index in [1.54, 1.807) is 17.0 Å². The smallest absolute Gasteiger partial charge is 0.249 e. The van der Waals surface area contributed by atoms with Gasteiger partial charge in [0.25, 0.3) is 0 Å². The van der Waals surface area contributed by atoms with Crippen LogP contribution in [0.25, 0.3) is 0 Å². The van der Waals surface area contributed by atoms with Crippen LogP contribution in [0.2, 0.25) is 10.0 Å². The van der Waals surface area contributed by atoms with Gasteiger partial charge in [0.15, 0.2) is 0 Å². The van der Waals surface area contributed by atoms with Gasteiger partial charge in [0.1, 0.15) is 25.5 Å². The highest BCUT2D eigenvalue weighted by atomic mass is 35.5. The Morgan fingerprint density at radius 2 is 1.95 bits per heavy atom. The van der Waals surface area contributed by atoms with Gasteiger partial charge in [-0.25, -0.2) is 0 Å². The van der Waals surface area contributed by atoms with Gasteiger partial charge in [-0.05, 0) is 6.07 Å².